The molecule has 0 N–H and O–H groups in total. The summed E-state index contributed by atoms with van der Waals surface area (Å²) in [6.45, 7) is 3.72. The number of anilines is 1. The number of aromatic nitrogens is 4. The lowest BCUT2D eigenvalue weighted by Gasteiger charge is -2.19. The Bertz CT molecular complexity index is 1040. The highest BCUT2D eigenvalue weighted by Gasteiger charge is 2.26. The molecule has 0 saturated heterocycles. The molecule has 0 saturated carbocycles. The summed E-state index contributed by atoms with van der Waals surface area (Å²) in [4.78, 5) is 2.55. The number of para-hydroxylation sites is 1. The van der Waals surface area contributed by atoms with Crippen LogP contribution in [0.15, 0.2) is 53.4 Å². The van der Waals surface area contributed by atoms with Crippen molar-refractivity contribution in [1.82, 2.24) is 20.2 Å². The van der Waals surface area contributed by atoms with Gasteiger partial charge in [0.1, 0.15) is 0 Å². The van der Waals surface area contributed by atoms with Gasteiger partial charge in [-0.05, 0) is 46.3 Å². The van der Waals surface area contributed by atoms with Crippen molar-refractivity contribution < 1.29 is 8.42 Å². The molecule has 4 rings (SSSR count). The van der Waals surface area contributed by atoms with Crippen LogP contribution in [-0.2, 0) is 16.4 Å². The van der Waals surface area contributed by atoms with Crippen molar-refractivity contribution in [2.24, 2.45) is 0 Å². The summed E-state index contributed by atoms with van der Waals surface area (Å²) >= 11 is 0. The highest BCUT2D eigenvalue weighted by atomic mass is 32.2. The van der Waals surface area contributed by atoms with Gasteiger partial charge in [-0.1, -0.05) is 25.1 Å². The van der Waals surface area contributed by atoms with Gasteiger partial charge in [0.25, 0.3) is 0 Å². The zero-order valence-electron chi connectivity index (χ0n) is 14.6. The number of benzene rings is 2. The van der Waals surface area contributed by atoms with E-state index in [4.69, 9.17) is 0 Å². The van der Waals surface area contributed by atoms with Crippen molar-refractivity contribution in [2.45, 2.75) is 24.3 Å². The van der Waals surface area contributed by atoms with Gasteiger partial charge in [-0.3, -0.25) is 0 Å². The third kappa shape index (κ3) is 2.96. The molecule has 1 unspecified atom stereocenters. The van der Waals surface area contributed by atoms with Crippen LogP contribution in [0.1, 0.15) is 24.2 Å². The van der Waals surface area contributed by atoms with Crippen LogP contribution < -0.4 is 4.90 Å². The van der Waals surface area contributed by atoms with Gasteiger partial charge in [0.05, 0.1) is 17.1 Å². The van der Waals surface area contributed by atoms with Crippen LogP contribution in [-0.4, -0.2) is 41.4 Å². The lowest BCUT2D eigenvalue weighted by Crippen LogP contribution is -2.23. The standard InChI is InChI=1S/C18H19N5O2S/c1-13-11-22(17-6-4-3-5-16(13)17)12-18-19-20-21-23(18)14-7-9-15(10-8-14)26(2,24)25/h3-10,13H,11-12H2,1-2H3. The topological polar surface area (TPSA) is 81.0 Å². The summed E-state index contributed by atoms with van der Waals surface area (Å²) in [5.41, 5.74) is 3.28. The Morgan fingerprint density at radius 1 is 1.12 bits per heavy atom. The molecule has 0 spiro atoms. The SMILES string of the molecule is CC1CN(Cc2nnnn2-c2ccc(S(C)(=O)=O)cc2)c2ccccc21. The van der Waals surface area contributed by atoms with E-state index in [0.29, 0.717) is 18.3 Å². The van der Waals surface area contributed by atoms with Gasteiger partial charge in [-0.25, -0.2) is 8.42 Å². The van der Waals surface area contributed by atoms with Gasteiger partial charge in [0.2, 0.25) is 0 Å². The maximum Gasteiger partial charge on any atom is 0.175 e. The molecule has 8 heteroatoms. The predicted octanol–water partition coefficient (Wildman–Crippen LogP) is 2.19. The van der Waals surface area contributed by atoms with Crippen molar-refractivity contribution >= 4 is 15.5 Å². The van der Waals surface area contributed by atoms with E-state index in [0.717, 1.165) is 12.2 Å². The first-order valence-electron chi connectivity index (χ1n) is 8.35. The molecule has 3 aromatic rings. The number of tetrazole rings is 1. The molecule has 7 nitrogen and oxygen atoms in total. The van der Waals surface area contributed by atoms with Crippen molar-refractivity contribution in [1.29, 1.82) is 0 Å². The van der Waals surface area contributed by atoms with E-state index >= 15 is 0 Å². The van der Waals surface area contributed by atoms with E-state index in [1.165, 1.54) is 17.5 Å². The maximum atomic E-state index is 11.6. The first-order valence-corrected chi connectivity index (χ1v) is 10.2. The van der Waals surface area contributed by atoms with Crippen LogP contribution >= 0.6 is 0 Å². The number of nitrogens with zero attached hydrogens (tertiary/aromatic N) is 5. The van der Waals surface area contributed by atoms with Crippen LogP contribution in [0.3, 0.4) is 0 Å². The smallest absolute Gasteiger partial charge is 0.175 e. The second-order valence-electron chi connectivity index (χ2n) is 6.61. The number of rotatable bonds is 4. The lowest BCUT2D eigenvalue weighted by atomic mass is 10.0. The first kappa shape index (κ1) is 16.7. The number of hydrogen-bond acceptors (Lipinski definition) is 6. The molecule has 26 heavy (non-hydrogen) atoms. The lowest BCUT2D eigenvalue weighted by molar-refractivity contribution is 0.602. The van der Waals surface area contributed by atoms with Gasteiger partial charge < -0.3 is 4.90 Å². The molecule has 1 aliphatic heterocycles. The molecule has 1 atom stereocenters. The Balaban J connectivity index is 1.63. The summed E-state index contributed by atoms with van der Waals surface area (Å²) in [5, 5.41) is 12.0. The van der Waals surface area contributed by atoms with Gasteiger partial charge in [-0.15, -0.1) is 5.10 Å². The molecule has 0 amide bonds. The van der Waals surface area contributed by atoms with Crippen molar-refractivity contribution in [3.8, 4) is 5.69 Å². The zero-order valence-corrected chi connectivity index (χ0v) is 15.4. The van der Waals surface area contributed by atoms with Crippen molar-refractivity contribution in [3.63, 3.8) is 0 Å². The minimum absolute atomic E-state index is 0.276. The van der Waals surface area contributed by atoms with Crippen LogP contribution in [0.2, 0.25) is 0 Å². The Labute approximate surface area is 152 Å². The molecule has 2 aromatic carbocycles. The summed E-state index contributed by atoms with van der Waals surface area (Å²) in [7, 11) is -3.23. The summed E-state index contributed by atoms with van der Waals surface area (Å²) in [6.07, 6.45) is 1.19. The minimum Gasteiger partial charge on any atom is -0.363 e. The second kappa shape index (κ2) is 6.21. The summed E-state index contributed by atoms with van der Waals surface area (Å²) in [6, 6.07) is 15.0. The van der Waals surface area contributed by atoms with E-state index in [1.807, 2.05) is 6.07 Å². The van der Waals surface area contributed by atoms with Crippen molar-refractivity contribution in [2.75, 3.05) is 17.7 Å². The highest BCUT2D eigenvalue weighted by Crippen LogP contribution is 2.36. The molecule has 2 heterocycles. The highest BCUT2D eigenvalue weighted by molar-refractivity contribution is 7.90. The zero-order chi connectivity index (χ0) is 18.3. The van der Waals surface area contributed by atoms with Crippen molar-refractivity contribution in [3.05, 3.63) is 59.9 Å². The fraction of sp³-hybridized carbons (Fsp3) is 0.278. The molecule has 134 valence electrons. The van der Waals surface area contributed by atoms with E-state index in [1.54, 1.807) is 28.9 Å². The molecular weight excluding hydrogens is 350 g/mol. The van der Waals surface area contributed by atoms with E-state index in [2.05, 4.69) is 45.5 Å². The number of fused-ring (bicyclic) bond motifs is 1. The molecule has 1 aromatic heterocycles. The molecule has 0 bridgehead atoms. The van der Waals surface area contributed by atoms with E-state index < -0.39 is 9.84 Å². The predicted molar refractivity (Wildman–Crippen MR) is 98.2 cm³/mol. The Kier molecular flexibility index (Phi) is 3.99. The fourth-order valence-corrected chi connectivity index (χ4v) is 4.01. The number of sulfone groups is 1. The monoisotopic (exact) mass is 369 g/mol. The van der Waals surface area contributed by atoms with Gasteiger partial charge >= 0.3 is 0 Å². The number of hydrogen-bond donors (Lipinski definition) is 0. The third-order valence-electron chi connectivity index (χ3n) is 4.68. The van der Waals surface area contributed by atoms with Crippen LogP contribution in [0.4, 0.5) is 5.69 Å². The first-order chi connectivity index (χ1) is 12.4. The summed E-state index contributed by atoms with van der Waals surface area (Å²) < 4.78 is 24.9. The molecule has 0 fully saturated rings. The average molecular weight is 369 g/mol. The molecule has 0 aliphatic carbocycles. The summed E-state index contributed by atoms with van der Waals surface area (Å²) in [5.74, 6) is 1.17. The van der Waals surface area contributed by atoms with Gasteiger partial charge in [0.15, 0.2) is 15.7 Å². The largest absolute Gasteiger partial charge is 0.363 e. The van der Waals surface area contributed by atoms with Gasteiger partial charge in [-0.2, -0.15) is 4.68 Å². The van der Waals surface area contributed by atoms with E-state index in [9.17, 15) is 8.42 Å². The normalized spacial score (nSPS) is 16.7. The minimum atomic E-state index is -3.23. The average Bonchev–Trinajstić information content (AvgIpc) is 3.20. The Morgan fingerprint density at radius 2 is 1.85 bits per heavy atom. The van der Waals surface area contributed by atoms with E-state index in [-0.39, 0.29) is 4.90 Å². The quantitative estimate of drug-likeness (QED) is 0.701. The Hall–Kier alpha value is -2.74. The Morgan fingerprint density at radius 3 is 2.58 bits per heavy atom. The van der Waals surface area contributed by atoms with Crippen LogP contribution in [0.5, 0.6) is 0 Å². The van der Waals surface area contributed by atoms with Crippen LogP contribution in [0, 0.1) is 0 Å². The molecule has 0 radical (unpaired) electrons. The third-order valence-corrected chi connectivity index (χ3v) is 5.81. The molecule has 1 aliphatic rings. The fourth-order valence-electron chi connectivity index (χ4n) is 3.38. The second-order valence-corrected chi connectivity index (χ2v) is 8.63. The van der Waals surface area contributed by atoms with Crippen LogP contribution in [0.25, 0.3) is 5.69 Å². The van der Waals surface area contributed by atoms with Gasteiger partial charge in [0, 0.05) is 24.4 Å². The molecular formula is C18H19N5O2S. The maximum absolute atomic E-state index is 11.6.